The van der Waals surface area contributed by atoms with Gasteiger partial charge in [0.25, 0.3) is 10.0 Å². The zero-order valence-corrected chi connectivity index (χ0v) is 18.6. The average Bonchev–Trinajstić information content (AvgIpc) is 3.21. The molecule has 0 aliphatic carbocycles. The predicted molar refractivity (Wildman–Crippen MR) is 116 cm³/mol. The highest BCUT2D eigenvalue weighted by Crippen LogP contribution is 2.22. The molecule has 1 fully saturated rings. The lowest BCUT2D eigenvalue weighted by Gasteiger charge is -2.35. The number of nitrogens with one attached hydrogen (secondary N) is 2. The lowest BCUT2D eigenvalue weighted by atomic mass is 9.91. The molecule has 2 N–H and O–H groups in total. The van der Waals surface area contributed by atoms with Gasteiger partial charge >= 0.3 is 0 Å². The summed E-state index contributed by atoms with van der Waals surface area (Å²) in [5.74, 6) is 1.13. The molecule has 1 amide bonds. The average molecular weight is 436 g/mol. The summed E-state index contributed by atoms with van der Waals surface area (Å²) in [5, 5.41) is 4.44. The van der Waals surface area contributed by atoms with Gasteiger partial charge in [-0.1, -0.05) is 44.2 Å². The van der Waals surface area contributed by atoms with Crippen molar-refractivity contribution < 1.29 is 13.2 Å². The minimum absolute atomic E-state index is 0.207. The molecule has 0 bridgehead atoms. The third-order valence-corrected chi connectivity index (χ3v) is 7.84. The molecule has 1 aliphatic rings. The molecular formula is C21H29N3O3S2. The van der Waals surface area contributed by atoms with Crippen molar-refractivity contribution >= 4 is 27.3 Å². The number of likely N-dealkylation sites (tertiary alicyclic amines) is 1. The number of carbonyl (C=O) groups is 1. The maximum atomic E-state index is 12.0. The van der Waals surface area contributed by atoms with Crippen LogP contribution < -0.4 is 10.0 Å². The van der Waals surface area contributed by atoms with Gasteiger partial charge in [0.05, 0.1) is 6.54 Å². The van der Waals surface area contributed by atoms with Gasteiger partial charge in [-0.15, -0.1) is 11.3 Å². The molecule has 2 aromatic rings. The number of rotatable bonds is 8. The monoisotopic (exact) mass is 435 g/mol. The molecule has 2 atom stereocenters. The van der Waals surface area contributed by atoms with Crippen LogP contribution in [0.5, 0.6) is 0 Å². The van der Waals surface area contributed by atoms with Gasteiger partial charge in [0.15, 0.2) is 0 Å². The predicted octanol–water partition coefficient (Wildman–Crippen LogP) is 2.82. The highest BCUT2D eigenvalue weighted by atomic mass is 32.2. The fourth-order valence-electron chi connectivity index (χ4n) is 3.85. The summed E-state index contributed by atoms with van der Waals surface area (Å²) in [6, 6.07) is 11.4. The van der Waals surface area contributed by atoms with Crippen molar-refractivity contribution in [2.45, 2.75) is 37.6 Å². The maximum Gasteiger partial charge on any atom is 0.250 e. The van der Waals surface area contributed by atoms with Crippen molar-refractivity contribution in [1.82, 2.24) is 14.9 Å². The first-order valence-electron chi connectivity index (χ1n) is 9.92. The third-order valence-electron chi connectivity index (χ3n) is 5.05. The van der Waals surface area contributed by atoms with Gasteiger partial charge in [0, 0.05) is 26.2 Å². The van der Waals surface area contributed by atoms with Gasteiger partial charge in [-0.2, -0.15) is 0 Å². The van der Waals surface area contributed by atoms with Crippen molar-refractivity contribution in [3.63, 3.8) is 0 Å². The van der Waals surface area contributed by atoms with E-state index >= 15 is 0 Å². The molecule has 1 saturated heterocycles. The van der Waals surface area contributed by atoms with E-state index in [0.29, 0.717) is 6.54 Å². The van der Waals surface area contributed by atoms with E-state index in [4.69, 9.17) is 0 Å². The Hall–Kier alpha value is -1.74. The molecule has 8 heteroatoms. The molecule has 29 heavy (non-hydrogen) atoms. The molecule has 2 heterocycles. The summed E-state index contributed by atoms with van der Waals surface area (Å²) in [4.78, 5) is 14.5. The molecule has 0 radical (unpaired) electrons. The quantitative estimate of drug-likeness (QED) is 0.668. The summed E-state index contributed by atoms with van der Waals surface area (Å²) >= 11 is 1.12. The smallest absolute Gasteiger partial charge is 0.250 e. The number of thiophene rings is 1. The molecule has 1 aromatic heterocycles. The van der Waals surface area contributed by atoms with Crippen molar-refractivity contribution in [2.75, 3.05) is 19.6 Å². The Morgan fingerprint density at radius 2 is 1.76 bits per heavy atom. The summed E-state index contributed by atoms with van der Waals surface area (Å²) in [5.41, 5.74) is 2.26. The zero-order chi connectivity index (χ0) is 20.9. The van der Waals surface area contributed by atoms with E-state index < -0.39 is 10.0 Å². The Balaban J connectivity index is 1.43. The van der Waals surface area contributed by atoms with Crippen molar-refractivity contribution in [2.24, 2.45) is 11.8 Å². The first-order valence-corrected chi connectivity index (χ1v) is 12.3. The first-order chi connectivity index (χ1) is 13.8. The highest BCUT2D eigenvalue weighted by molar-refractivity contribution is 7.91. The number of carbonyl (C=O) groups excluding carboxylic acids is 1. The lowest BCUT2D eigenvalue weighted by molar-refractivity contribution is -0.120. The van der Waals surface area contributed by atoms with Crippen LogP contribution >= 0.6 is 11.3 Å². The van der Waals surface area contributed by atoms with E-state index in [1.165, 1.54) is 18.1 Å². The van der Waals surface area contributed by atoms with E-state index in [0.717, 1.165) is 48.4 Å². The van der Waals surface area contributed by atoms with E-state index in [-0.39, 0.29) is 16.7 Å². The van der Waals surface area contributed by atoms with Crippen molar-refractivity contribution in [3.8, 4) is 0 Å². The van der Waals surface area contributed by atoms with Gasteiger partial charge < -0.3 is 5.32 Å². The Labute approximate surface area is 177 Å². The van der Waals surface area contributed by atoms with Crippen LogP contribution in [-0.4, -0.2) is 38.9 Å². The van der Waals surface area contributed by atoms with Gasteiger partial charge in [-0.25, -0.2) is 13.1 Å². The molecular weight excluding hydrogens is 406 g/mol. The van der Waals surface area contributed by atoms with E-state index in [2.05, 4.69) is 40.9 Å². The molecule has 1 aromatic carbocycles. The van der Waals surface area contributed by atoms with Crippen LogP contribution in [0.2, 0.25) is 0 Å². The summed E-state index contributed by atoms with van der Waals surface area (Å²) in [6.45, 7) is 7.96. The Bertz CT molecular complexity index is 886. The number of nitrogens with zero attached hydrogens (tertiary/aromatic N) is 1. The maximum absolute atomic E-state index is 12.0. The molecule has 0 saturated carbocycles. The standard InChI is InChI=1S/C21H29N3O3S2/c1-16-10-17(2)14-24(13-16)15-19-7-5-18(6-8-19)11-22-20(25)12-23-29(26,27)21-4-3-9-28-21/h3-9,16-17,23H,10-15H2,1-2H3,(H,22,25). The minimum Gasteiger partial charge on any atom is -0.351 e. The number of piperidine rings is 1. The lowest BCUT2D eigenvalue weighted by Crippen LogP contribution is -2.38. The second-order valence-corrected chi connectivity index (χ2v) is 10.9. The van der Waals surface area contributed by atoms with E-state index in [1.807, 2.05) is 12.1 Å². The number of amides is 1. The summed E-state index contributed by atoms with van der Waals surface area (Å²) in [6.07, 6.45) is 1.30. The van der Waals surface area contributed by atoms with Crippen LogP contribution in [0.15, 0.2) is 46.0 Å². The molecule has 6 nitrogen and oxygen atoms in total. The number of sulfonamides is 1. The Morgan fingerprint density at radius 3 is 2.38 bits per heavy atom. The van der Waals surface area contributed by atoms with Gasteiger partial charge in [0.1, 0.15) is 4.21 Å². The van der Waals surface area contributed by atoms with E-state index in [1.54, 1.807) is 11.4 Å². The number of hydrogen-bond donors (Lipinski definition) is 2. The normalized spacial score (nSPS) is 20.5. The second kappa shape index (κ2) is 9.84. The zero-order valence-electron chi connectivity index (χ0n) is 16.9. The van der Waals surface area contributed by atoms with Crippen molar-refractivity contribution in [3.05, 3.63) is 52.9 Å². The van der Waals surface area contributed by atoms with Crippen LogP contribution in [0, 0.1) is 11.8 Å². The molecule has 158 valence electrons. The Kier molecular flexibility index (Phi) is 7.45. The van der Waals surface area contributed by atoms with Crippen LogP contribution in [0.1, 0.15) is 31.4 Å². The van der Waals surface area contributed by atoms with Gasteiger partial charge in [-0.05, 0) is 40.8 Å². The summed E-state index contributed by atoms with van der Waals surface area (Å²) in [7, 11) is -3.62. The van der Waals surface area contributed by atoms with E-state index in [9.17, 15) is 13.2 Å². The highest BCUT2D eigenvalue weighted by Gasteiger charge is 2.21. The molecule has 3 rings (SSSR count). The van der Waals surface area contributed by atoms with Crippen molar-refractivity contribution in [1.29, 1.82) is 0 Å². The SMILES string of the molecule is CC1CC(C)CN(Cc2ccc(CNC(=O)CNS(=O)(=O)c3cccs3)cc2)C1. The molecule has 0 spiro atoms. The fourth-order valence-corrected chi connectivity index (χ4v) is 5.87. The summed E-state index contributed by atoms with van der Waals surface area (Å²) < 4.78 is 26.6. The number of benzene rings is 1. The van der Waals surface area contributed by atoms with Crippen LogP contribution in [-0.2, 0) is 27.9 Å². The Morgan fingerprint density at radius 1 is 1.10 bits per heavy atom. The first kappa shape index (κ1) is 22.0. The van der Waals surface area contributed by atoms with Gasteiger partial charge in [0.2, 0.25) is 5.91 Å². The number of hydrogen-bond acceptors (Lipinski definition) is 5. The molecule has 2 unspecified atom stereocenters. The largest absolute Gasteiger partial charge is 0.351 e. The van der Waals surface area contributed by atoms with Crippen LogP contribution in [0.25, 0.3) is 0 Å². The van der Waals surface area contributed by atoms with Crippen LogP contribution in [0.4, 0.5) is 0 Å². The minimum atomic E-state index is -3.62. The van der Waals surface area contributed by atoms with Crippen LogP contribution in [0.3, 0.4) is 0 Å². The molecule has 1 aliphatic heterocycles. The second-order valence-electron chi connectivity index (χ2n) is 7.99. The fraction of sp³-hybridized carbons (Fsp3) is 0.476. The topological polar surface area (TPSA) is 78.5 Å². The third kappa shape index (κ3) is 6.64. The van der Waals surface area contributed by atoms with Gasteiger partial charge in [-0.3, -0.25) is 9.69 Å².